The van der Waals surface area contributed by atoms with Crippen molar-refractivity contribution in [1.29, 1.82) is 0 Å². The smallest absolute Gasteiger partial charge is 0.192 e. The molecule has 0 spiro atoms. The number of pyridine rings is 1. The molecule has 0 amide bonds. The normalized spacial score (nSPS) is 11.9. The van der Waals surface area contributed by atoms with Gasteiger partial charge in [-0.05, 0) is 24.5 Å². The fourth-order valence-electron chi connectivity index (χ4n) is 1.83. The first-order valence-electron chi connectivity index (χ1n) is 6.65. The van der Waals surface area contributed by atoms with Gasteiger partial charge in [0.25, 0.3) is 0 Å². The monoisotopic (exact) mass is 338 g/mol. The SMILES string of the molecule is Cc1ncc(Sc2cc(S(C)(=O)=O)ncc2C(C)C)c(N)n1. The van der Waals surface area contributed by atoms with E-state index in [1.807, 2.05) is 13.8 Å². The first-order valence-corrected chi connectivity index (χ1v) is 9.36. The van der Waals surface area contributed by atoms with E-state index in [1.54, 1.807) is 25.4 Å². The number of nitrogens with zero attached hydrogens (tertiary/aromatic N) is 3. The summed E-state index contributed by atoms with van der Waals surface area (Å²) in [5.41, 5.74) is 6.87. The van der Waals surface area contributed by atoms with E-state index in [0.29, 0.717) is 16.5 Å². The third-order valence-corrected chi connectivity index (χ3v) is 5.09. The zero-order chi connectivity index (χ0) is 16.5. The first kappa shape index (κ1) is 16.7. The molecular weight excluding hydrogens is 320 g/mol. The average Bonchev–Trinajstić information content (AvgIpc) is 2.40. The highest BCUT2D eigenvalue weighted by atomic mass is 32.2. The largest absolute Gasteiger partial charge is 0.383 e. The molecule has 118 valence electrons. The summed E-state index contributed by atoms with van der Waals surface area (Å²) in [7, 11) is -3.36. The molecule has 0 aromatic carbocycles. The molecule has 0 atom stereocenters. The number of rotatable bonds is 4. The van der Waals surface area contributed by atoms with Crippen LogP contribution in [0.2, 0.25) is 0 Å². The van der Waals surface area contributed by atoms with Crippen molar-refractivity contribution in [2.45, 2.75) is 41.5 Å². The Morgan fingerprint density at radius 3 is 2.41 bits per heavy atom. The van der Waals surface area contributed by atoms with Gasteiger partial charge in [-0.25, -0.2) is 23.4 Å². The summed E-state index contributed by atoms with van der Waals surface area (Å²) < 4.78 is 23.4. The molecule has 0 aliphatic carbocycles. The van der Waals surface area contributed by atoms with Gasteiger partial charge in [-0.3, -0.25) is 0 Å². The Labute approximate surface area is 134 Å². The summed E-state index contributed by atoms with van der Waals surface area (Å²) in [6.45, 7) is 5.81. The number of hydrogen-bond donors (Lipinski definition) is 1. The van der Waals surface area contributed by atoms with Gasteiger partial charge in [0.1, 0.15) is 11.6 Å². The van der Waals surface area contributed by atoms with Crippen molar-refractivity contribution in [3.05, 3.63) is 29.8 Å². The lowest BCUT2D eigenvalue weighted by molar-refractivity contribution is 0.597. The van der Waals surface area contributed by atoms with Crippen LogP contribution in [0.4, 0.5) is 5.82 Å². The molecule has 0 saturated carbocycles. The van der Waals surface area contributed by atoms with Crippen LogP contribution in [0, 0.1) is 6.92 Å². The van der Waals surface area contributed by atoms with Gasteiger partial charge in [-0.2, -0.15) is 0 Å². The highest BCUT2D eigenvalue weighted by Gasteiger charge is 2.16. The van der Waals surface area contributed by atoms with Gasteiger partial charge in [-0.15, -0.1) is 0 Å². The Morgan fingerprint density at radius 1 is 1.18 bits per heavy atom. The molecular formula is C14H18N4O2S2. The zero-order valence-corrected chi connectivity index (χ0v) is 14.5. The van der Waals surface area contributed by atoms with E-state index in [1.165, 1.54) is 11.8 Å². The Morgan fingerprint density at radius 2 is 1.86 bits per heavy atom. The van der Waals surface area contributed by atoms with Gasteiger partial charge in [0.2, 0.25) is 0 Å². The molecule has 0 radical (unpaired) electrons. The van der Waals surface area contributed by atoms with Gasteiger partial charge < -0.3 is 5.73 Å². The molecule has 0 bridgehead atoms. The summed E-state index contributed by atoms with van der Waals surface area (Å²) in [4.78, 5) is 13.8. The molecule has 0 fully saturated rings. The van der Waals surface area contributed by atoms with Crippen LogP contribution in [0.1, 0.15) is 31.2 Å². The number of nitrogens with two attached hydrogens (primary N) is 1. The van der Waals surface area contributed by atoms with Crippen LogP contribution >= 0.6 is 11.8 Å². The Kier molecular flexibility index (Phi) is 4.72. The van der Waals surface area contributed by atoms with Gasteiger partial charge >= 0.3 is 0 Å². The summed E-state index contributed by atoms with van der Waals surface area (Å²) in [5, 5.41) is 0.0472. The maximum atomic E-state index is 11.7. The number of aryl methyl sites for hydroxylation is 1. The minimum absolute atomic E-state index is 0.0472. The summed E-state index contributed by atoms with van der Waals surface area (Å²) >= 11 is 1.35. The molecule has 8 heteroatoms. The van der Waals surface area contributed by atoms with E-state index < -0.39 is 9.84 Å². The molecule has 2 aromatic rings. The third-order valence-electron chi connectivity index (χ3n) is 3.00. The predicted molar refractivity (Wildman–Crippen MR) is 86.7 cm³/mol. The molecule has 22 heavy (non-hydrogen) atoms. The highest BCUT2D eigenvalue weighted by Crippen LogP contribution is 2.36. The van der Waals surface area contributed by atoms with Crippen molar-refractivity contribution < 1.29 is 8.42 Å². The first-order chi connectivity index (χ1) is 10.2. The van der Waals surface area contributed by atoms with Gasteiger partial charge in [-0.1, -0.05) is 25.6 Å². The number of sulfone groups is 1. The molecule has 0 aliphatic rings. The lowest BCUT2D eigenvalue weighted by Gasteiger charge is -2.13. The standard InChI is InChI=1S/C14H18N4O2S2/c1-8(2)10-6-17-13(22(4,19)20)5-11(10)21-12-7-16-9(3)18-14(12)15/h5-8H,1-4H3,(H2,15,16,18). The summed E-state index contributed by atoms with van der Waals surface area (Å²) in [5.74, 6) is 1.18. The van der Waals surface area contributed by atoms with Crippen molar-refractivity contribution in [1.82, 2.24) is 15.0 Å². The van der Waals surface area contributed by atoms with Crippen LogP contribution in [0.5, 0.6) is 0 Å². The Balaban J connectivity index is 2.51. The molecule has 2 rings (SSSR count). The molecule has 2 N–H and O–H groups in total. The number of nitrogen functional groups attached to an aromatic ring is 1. The predicted octanol–water partition coefficient (Wildman–Crippen LogP) is 2.44. The fraction of sp³-hybridized carbons (Fsp3) is 0.357. The second kappa shape index (κ2) is 6.21. The maximum absolute atomic E-state index is 11.7. The molecule has 2 aromatic heterocycles. The zero-order valence-electron chi connectivity index (χ0n) is 12.9. The van der Waals surface area contributed by atoms with Crippen LogP contribution in [0.15, 0.2) is 33.3 Å². The van der Waals surface area contributed by atoms with Crippen molar-refractivity contribution in [3.8, 4) is 0 Å². The van der Waals surface area contributed by atoms with Crippen molar-refractivity contribution in [3.63, 3.8) is 0 Å². The maximum Gasteiger partial charge on any atom is 0.192 e. The molecule has 2 heterocycles. The topological polar surface area (TPSA) is 98.8 Å². The average molecular weight is 338 g/mol. The van der Waals surface area contributed by atoms with E-state index in [4.69, 9.17) is 5.73 Å². The second-order valence-corrected chi connectivity index (χ2v) is 8.30. The molecule has 6 nitrogen and oxygen atoms in total. The molecule has 0 unspecified atom stereocenters. The van der Waals surface area contributed by atoms with E-state index >= 15 is 0 Å². The van der Waals surface area contributed by atoms with Crippen LogP contribution in [0.3, 0.4) is 0 Å². The van der Waals surface area contributed by atoms with E-state index in [0.717, 1.165) is 16.7 Å². The van der Waals surface area contributed by atoms with Crippen molar-refractivity contribution in [2.24, 2.45) is 0 Å². The second-order valence-electron chi connectivity index (χ2n) is 5.26. The number of anilines is 1. The Bertz CT molecular complexity index is 804. The lowest BCUT2D eigenvalue weighted by atomic mass is 10.1. The van der Waals surface area contributed by atoms with Crippen LogP contribution in [-0.4, -0.2) is 29.6 Å². The van der Waals surface area contributed by atoms with Crippen molar-refractivity contribution in [2.75, 3.05) is 12.0 Å². The minimum atomic E-state index is -3.36. The van der Waals surface area contributed by atoms with E-state index in [-0.39, 0.29) is 10.9 Å². The van der Waals surface area contributed by atoms with Gasteiger partial charge in [0.15, 0.2) is 14.9 Å². The lowest BCUT2D eigenvalue weighted by Crippen LogP contribution is -2.04. The van der Waals surface area contributed by atoms with Crippen LogP contribution in [0.25, 0.3) is 0 Å². The Hall–Kier alpha value is -1.67. The quantitative estimate of drug-likeness (QED) is 0.914. The van der Waals surface area contributed by atoms with Crippen LogP contribution < -0.4 is 5.73 Å². The van der Waals surface area contributed by atoms with E-state index in [2.05, 4.69) is 15.0 Å². The number of hydrogen-bond acceptors (Lipinski definition) is 7. The molecule has 0 saturated heterocycles. The molecule has 0 aliphatic heterocycles. The van der Waals surface area contributed by atoms with Crippen molar-refractivity contribution >= 4 is 27.4 Å². The summed E-state index contributed by atoms with van der Waals surface area (Å²) in [6, 6.07) is 1.58. The number of aromatic nitrogens is 3. The fourth-order valence-corrected chi connectivity index (χ4v) is 3.55. The van der Waals surface area contributed by atoms with Gasteiger partial charge in [0.05, 0.1) is 4.90 Å². The van der Waals surface area contributed by atoms with E-state index in [9.17, 15) is 8.42 Å². The summed E-state index contributed by atoms with van der Waals surface area (Å²) in [6.07, 6.45) is 4.39. The van der Waals surface area contributed by atoms with Gasteiger partial charge in [0, 0.05) is 23.5 Å². The highest BCUT2D eigenvalue weighted by molar-refractivity contribution is 7.99. The third kappa shape index (κ3) is 3.75. The minimum Gasteiger partial charge on any atom is -0.383 e. The van der Waals surface area contributed by atoms with Crippen LogP contribution in [-0.2, 0) is 9.84 Å².